The largest absolute Gasteiger partial charge is 0.465 e. The molecule has 1 fully saturated rings. The number of nitrogens with one attached hydrogen (secondary N) is 1. The fraction of sp³-hybridized carbons (Fsp3) is 0.667. The van der Waals surface area contributed by atoms with E-state index in [0.717, 1.165) is 31.7 Å². The Morgan fingerprint density at radius 2 is 2.00 bits per heavy atom. The smallest absolute Gasteiger partial charge is 0.405 e. The Kier molecular flexibility index (Phi) is 1.92. The van der Waals surface area contributed by atoms with E-state index in [1.807, 2.05) is 0 Å². The van der Waals surface area contributed by atoms with E-state index >= 15 is 0 Å². The van der Waals surface area contributed by atoms with Crippen LogP contribution in [0.4, 0.5) is 4.79 Å². The maximum absolute atomic E-state index is 10.0. The molecule has 0 aliphatic heterocycles. The van der Waals surface area contributed by atoms with Gasteiger partial charge >= 0.3 is 6.09 Å². The highest BCUT2D eigenvalue weighted by Crippen LogP contribution is 2.23. The Morgan fingerprint density at radius 3 is 2.44 bits per heavy atom. The second-order valence-corrected chi connectivity index (χ2v) is 2.24. The van der Waals surface area contributed by atoms with Crippen LogP contribution in [0.1, 0.15) is 25.7 Å². The summed E-state index contributed by atoms with van der Waals surface area (Å²) in [6.07, 6.45) is 3.22. The molecule has 1 aliphatic carbocycles. The molecule has 51 valence electrons. The Labute approximate surface area is 54.1 Å². The lowest BCUT2D eigenvalue weighted by Gasteiger charge is -2.04. The molecule has 1 radical (unpaired) electrons. The predicted molar refractivity (Wildman–Crippen MR) is 32.9 cm³/mol. The van der Waals surface area contributed by atoms with Gasteiger partial charge in [0.25, 0.3) is 0 Å². The number of carboxylic acid groups (broad SMARTS) is 1. The average molecular weight is 128 g/mol. The van der Waals surface area contributed by atoms with Gasteiger partial charge in [0.2, 0.25) is 0 Å². The summed E-state index contributed by atoms with van der Waals surface area (Å²) in [4.78, 5) is 10.0. The first-order chi connectivity index (χ1) is 4.29. The van der Waals surface area contributed by atoms with Crippen LogP contribution < -0.4 is 5.32 Å². The molecule has 9 heavy (non-hydrogen) atoms. The third kappa shape index (κ3) is 1.91. The van der Waals surface area contributed by atoms with Gasteiger partial charge < -0.3 is 10.4 Å². The molecule has 0 unspecified atom stereocenters. The van der Waals surface area contributed by atoms with Gasteiger partial charge in [-0.05, 0) is 12.8 Å². The van der Waals surface area contributed by atoms with E-state index in [1.54, 1.807) is 0 Å². The van der Waals surface area contributed by atoms with Gasteiger partial charge in [0.15, 0.2) is 0 Å². The van der Waals surface area contributed by atoms with Gasteiger partial charge in [-0.25, -0.2) is 4.79 Å². The van der Waals surface area contributed by atoms with Crippen molar-refractivity contribution in [3.63, 3.8) is 0 Å². The average Bonchev–Trinajstić information content (AvgIpc) is 2.15. The number of hydrogen-bond acceptors (Lipinski definition) is 1. The molecule has 1 amide bonds. The minimum Gasteiger partial charge on any atom is -0.465 e. The summed E-state index contributed by atoms with van der Waals surface area (Å²) >= 11 is 0. The normalized spacial score (nSPS) is 20.0. The zero-order chi connectivity index (χ0) is 6.69. The van der Waals surface area contributed by atoms with E-state index in [9.17, 15) is 4.79 Å². The molecule has 0 aromatic heterocycles. The summed E-state index contributed by atoms with van der Waals surface area (Å²) in [5.41, 5.74) is 0. The summed E-state index contributed by atoms with van der Waals surface area (Å²) in [6, 6.07) is 0.975. The fourth-order valence-electron chi connectivity index (χ4n) is 1.08. The lowest BCUT2D eigenvalue weighted by molar-refractivity contribution is 0.195. The highest BCUT2D eigenvalue weighted by molar-refractivity contribution is 5.66. The molecule has 3 heteroatoms. The van der Waals surface area contributed by atoms with Crippen molar-refractivity contribution in [1.82, 2.24) is 5.32 Å². The monoisotopic (exact) mass is 128 g/mol. The van der Waals surface area contributed by atoms with Crippen LogP contribution in [-0.2, 0) is 0 Å². The van der Waals surface area contributed by atoms with Crippen molar-refractivity contribution in [3.05, 3.63) is 6.04 Å². The van der Waals surface area contributed by atoms with Gasteiger partial charge in [-0.15, -0.1) is 0 Å². The summed E-state index contributed by atoms with van der Waals surface area (Å²) in [6.45, 7) is 0. The Morgan fingerprint density at radius 1 is 1.44 bits per heavy atom. The number of amides is 1. The van der Waals surface area contributed by atoms with Crippen molar-refractivity contribution in [3.8, 4) is 0 Å². The Balaban J connectivity index is 2.19. The molecule has 1 aliphatic rings. The van der Waals surface area contributed by atoms with E-state index in [-0.39, 0.29) is 0 Å². The maximum atomic E-state index is 10.0. The van der Waals surface area contributed by atoms with Crippen molar-refractivity contribution in [1.29, 1.82) is 0 Å². The van der Waals surface area contributed by atoms with E-state index in [2.05, 4.69) is 5.32 Å². The summed E-state index contributed by atoms with van der Waals surface area (Å²) in [7, 11) is 0. The van der Waals surface area contributed by atoms with Crippen LogP contribution in [0.3, 0.4) is 0 Å². The number of hydrogen-bond donors (Lipinski definition) is 2. The molecular formula is C6H10NO2. The van der Waals surface area contributed by atoms with Gasteiger partial charge in [-0.3, -0.25) is 0 Å². The van der Waals surface area contributed by atoms with Crippen LogP contribution in [0.5, 0.6) is 0 Å². The zero-order valence-corrected chi connectivity index (χ0v) is 5.18. The summed E-state index contributed by atoms with van der Waals surface area (Å²) in [5, 5.41) is 10.6. The SMILES string of the molecule is O=C(O)N[C]1CCCC1. The van der Waals surface area contributed by atoms with Crippen molar-refractivity contribution in [2.45, 2.75) is 25.7 Å². The second-order valence-electron chi connectivity index (χ2n) is 2.24. The van der Waals surface area contributed by atoms with E-state index in [4.69, 9.17) is 5.11 Å². The third-order valence-electron chi connectivity index (χ3n) is 1.49. The molecule has 2 N–H and O–H groups in total. The standard InChI is InChI=1S/C6H10NO2/c8-6(9)7-5-3-1-2-4-5/h7H,1-4H2,(H,8,9). The number of carbonyl (C=O) groups is 1. The summed E-state index contributed by atoms with van der Waals surface area (Å²) in [5.74, 6) is 0. The minimum absolute atomic E-state index is 0.924. The van der Waals surface area contributed by atoms with Crippen LogP contribution in [0.15, 0.2) is 0 Å². The van der Waals surface area contributed by atoms with Crippen LogP contribution >= 0.6 is 0 Å². The lowest BCUT2D eigenvalue weighted by Crippen LogP contribution is -2.24. The first-order valence-electron chi connectivity index (χ1n) is 3.13. The first-order valence-corrected chi connectivity index (χ1v) is 3.13. The predicted octanol–water partition coefficient (Wildman–Crippen LogP) is 1.36. The van der Waals surface area contributed by atoms with Crippen molar-refractivity contribution >= 4 is 6.09 Å². The minimum atomic E-state index is -0.924. The molecule has 3 nitrogen and oxygen atoms in total. The van der Waals surface area contributed by atoms with Crippen LogP contribution in [-0.4, -0.2) is 11.2 Å². The van der Waals surface area contributed by atoms with Gasteiger partial charge in [0.1, 0.15) is 0 Å². The first kappa shape index (κ1) is 6.39. The van der Waals surface area contributed by atoms with Crippen LogP contribution in [0, 0.1) is 6.04 Å². The Hall–Kier alpha value is -0.730. The maximum Gasteiger partial charge on any atom is 0.405 e. The van der Waals surface area contributed by atoms with Gasteiger partial charge in [-0.1, -0.05) is 12.8 Å². The zero-order valence-electron chi connectivity index (χ0n) is 5.18. The van der Waals surface area contributed by atoms with Gasteiger partial charge in [-0.2, -0.15) is 0 Å². The molecule has 0 spiro atoms. The fourth-order valence-corrected chi connectivity index (χ4v) is 1.08. The molecule has 0 bridgehead atoms. The Bertz CT molecular complexity index is 108. The molecule has 0 saturated heterocycles. The quantitative estimate of drug-likeness (QED) is 0.560. The van der Waals surface area contributed by atoms with Crippen LogP contribution in [0.25, 0.3) is 0 Å². The molecule has 1 saturated carbocycles. The highest BCUT2D eigenvalue weighted by atomic mass is 16.4. The second kappa shape index (κ2) is 2.71. The van der Waals surface area contributed by atoms with Crippen molar-refractivity contribution in [2.24, 2.45) is 0 Å². The van der Waals surface area contributed by atoms with Gasteiger partial charge in [0, 0.05) is 0 Å². The molecule has 0 atom stereocenters. The molecular weight excluding hydrogens is 118 g/mol. The van der Waals surface area contributed by atoms with E-state index in [1.165, 1.54) is 0 Å². The van der Waals surface area contributed by atoms with Crippen molar-refractivity contribution in [2.75, 3.05) is 0 Å². The molecule has 0 aromatic rings. The summed E-state index contributed by atoms with van der Waals surface area (Å²) < 4.78 is 0. The lowest BCUT2D eigenvalue weighted by atomic mass is 10.3. The highest BCUT2D eigenvalue weighted by Gasteiger charge is 2.16. The van der Waals surface area contributed by atoms with E-state index in [0.29, 0.717) is 0 Å². The molecule has 0 heterocycles. The topological polar surface area (TPSA) is 49.3 Å². The van der Waals surface area contributed by atoms with Crippen molar-refractivity contribution < 1.29 is 9.90 Å². The molecule has 1 rings (SSSR count). The third-order valence-corrected chi connectivity index (χ3v) is 1.49. The van der Waals surface area contributed by atoms with Gasteiger partial charge in [0.05, 0.1) is 6.04 Å². The van der Waals surface area contributed by atoms with E-state index < -0.39 is 6.09 Å². The van der Waals surface area contributed by atoms with Crippen LogP contribution in [0.2, 0.25) is 0 Å². The number of rotatable bonds is 1. The molecule has 0 aromatic carbocycles.